The highest BCUT2D eigenvalue weighted by Crippen LogP contribution is 2.35. The monoisotopic (exact) mass is 239 g/mol. The predicted molar refractivity (Wildman–Crippen MR) is 51.0 cm³/mol. The van der Waals surface area contributed by atoms with E-state index in [1.807, 2.05) is 0 Å². The zero-order valence-corrected chi connectivity index (χ0v) is 8.56. The molecular formula is C9H9ClF3NO. The molecule has 1 aromatic carbocycles. The summed E-state index contributed by atoms with van der Waals surface area (Å²) >= 11 is 5.65. The van der Waals surface area contributed by atoms with Gasteiger partial charge in [-0.1, -0.05) is 17.7 Å². The van der Waals surface area contributed by atoms with E-state index in [2.05, 4.69) is 0 Å². The maximum absolute atomic E-state index is 12.3. The van der Waals surface area contributed by atoms with Gasteiger partial charge in [-0.15, -0.1) is 0 Å². The molecule has 0 amide bonds. The van der Waals surface area contributed by atoms with Crippen molar-refractivity contribution in [3.8, 4) is 5.75 Å². The first-order valence-electron chi connectivity index (χ1n) is 4.02. The fourth-order valence-electron chi connectivity index (χ4n) is 1.06. The third kappa shape index (κ3) is 2.76. The summed E-state index contributed by atoms with van der Waals surface area (Å²) in [5, 5.41) is -0.0563. The third-order valence-electron chi connectivity index (χ3n) is 1.90. The van der Waals surface area contributed by atoms with Gasteiger partial charge in [-0.25, -0.2) is 0 Å². The molecule has 15 heavy (non-hydrogen) atoms. The average molecular weight is 240 g/mol. The first-order chi connectivity index (χ1) is 6.86. The van der Waals surface area contributed by atoms with Gasteiger partial charge in [0.25, 0.3) is 0 Å². The molecule has 0 saturated heterocycles. The molecule has 0 heterocycles. The number of alkyl halides is 3. The third-order valence-corrected chi connectivity index (χ3v) is 2.22. The Kier molecular flexibility index (Phi) is 3.46. The SMILES string of the molecule is COc1ccc([C@@H](N)C(F)(F)F)c(Cl)c1. The molecule has 84 valence electrons. The Hall–Kier alpha value is -0.940. The number of hydrogen-bond donors (Lipinski definition) is 1. The molecule has 0 spiro atoms. The molecule has 2 nitrogen and oxygen atoms in total. The highest BCUT2D eigenvalue weighted by Gasteiger charge is 2.38. The van der Waals surface area contributed by atoms with Crippen LogP contribution in [0.5, 0.6) is 5.75 Å². The maximum Gasteiger partial charge on any atom is 0.407 e. The number of benzene rings is 1. The van der Waals surface area contributed by atoms with E-state index in [4.69, 9.17) is 22.1 Å². The molecule has 0 unspecified atom stereocenters. The van der Waals surface area contributed by atoms with E-state index in [0.29, 0.717) is 5.75 Å². The van der Waals surface area contributed by atoms with Crippen molar-refractivity contribution in [2.75, 3.05) is 7.11 Å². The molecule has 0 bridgehead atoms. The Balaban J connectivity index is 3.06. The first-order valence-corrected chi connectivity index (χ1v) is 4.39. The lowest BCUT2D eigenvalue weighted by Gasteiger charge is -2.17. The fourth-order valence-corrected chi connectivity index (χ4v) is 1.35. The molecule has 2 N–H and O–H groups in total. The van der Waals surface area contributed by atoms with Crippen molar-refractivity contribution in [2.45, 2.75) is 12.2 Å². The summed E-state index contributed by atoms with van der Waals surface area (Å²) in [5.74, 6) is 0.387. The second-order valence-corrected chi connectivity index (χ2v) is 3.31. The van der Waals surface area contributed by atoms with Gasteiger partial charge in [-0.2, -0.15) is 13.2 Å². The number of ether oxygens (including phenoxy) is 1. The first kappa shape index (κ1) is 12.1. The number of halogens is 4. The summed E-state index contributed by atoms with van der Waals surface area (Å²) < 4.78 is 41.7. The van der Waals surface area contributed by atoms with Crippen molar-refractivity contribution in [3.63, 3.8) is 0 Å². The number of rotatable bonds is 2. The Labute approximate surface area is 89.8 Å². The van der Waals surface area contributed by atoms with Crippen molar-refractivity contribution in [3.05, 3.63) is 28.8 Å². The molecule has 1 atom stereocenters. The minimum absolute atomic E-state index is 0.0563. The lowest BCUT2D eigenvalue weighted by atomic mass is 10.1. The van der Waals surface area contributed by atoms with E-state index >= 15 is 0 Å². The molecule has 6 heteroatoms. The normalized spacial score (nSPS) is 13.7. The number of hydrogen-bond acceptors (Lipinski definition) is 2. The van der Waals surface area contributed by atoms with Gasteiger partial charge in [-0.05, 0) is 17.7 Å². The van der Waals surface area contributed by atoms with Gasteiger partial charge in [0.05, 0.1) is 7.11 Å². The standard InChI is InChI=1S/C9H9ClF3NO/c1-15-5-2-3-6(7(10)4-5)8(14)9(11,12)13/h2-4,8H,14H2,1H3/t8-/m1/s1. The lowest BCUT2D eigenvalue weighted by molar-refractivity contribution is -0.149. The number of methoxy groups -OCH3 is 1. The van der Waals surface area contributed by atoms with Crippen molar-refractivity contribution in [1.29, 1.82) is 0 Å². The van der Waals surface area contributed by atoms with E-state index in [0.717, 1.165) is 0 Å². The van der Waals surface area contributed by atoms with Crippen LogP contribution in [0.4, 0.5) is 13.2 Å². The minimum Gasteiger partial charge on any atom is -0.497 e. The average Bonchev–Trinajstić information content (AvgIpc) is 2.15. The van der Waals surface area contributed by atoms with Gasteiger partial charge in [0.15, 0.2) is 0 Å². The summed E-state index contributed by atoms with van der Waals surface area (Å²) in [7, 11) is 1.40. The quantitative estimate of drug-likeness (QED) is 0.861. The lowest BCUT2D eigenvalue weighted by Crippen LogP contribution is -2.28. The second-order valence-electron chi connectivity index (χ2n) is 2.91. The van der Waals surface area contributed by atoms with E-state index in [1.54, 1.807) is 0 Å². The van der Waals surface area contributed by atoms with Crippen molar-refractivity contribution >= 4 is 11.6 Å². The molecule has 0 aliphatic rings. The van der Waals surface area contributed by atoms with Crippen LogP contribution in [0, 0.1) is 0 Å². The highest BCUT2D eigenvalue weighted by atomic mass is 35.5. The molecule has 0 aliphatic carbocycles. The van der Waals surface area contributed by atoms with Crippen LogP contribution in [0.2, 0.25) is 5.02 Å². The van der Waals surface area contributed by atoms with Crippen LogP contribution < -0.4 is 10.5 Å². The zero-order chi connectivity index (χ0) is 11.6. The summed E-state index contributed by atoms with van der Waals surface area (Å²) in [5.41, 5.74) is 4.85. The maximum atomic E-state index is 12.3. The Morgan fingerprint density at radius 2 is 2.00 bits per heavy atom. The van der Waals surface area contributed by atoms with Gasteiger partial charge >= 0.3 is 6.18 Å². The Morgan fingerprint density at radius 3 is 2.40 bits per heavy atom. The van der Waals surface area contributed by atoms with Gasteiger partial charge in [0.1, 0.15) is 11.8 Å². The van der Waals surface area contributed by atoms with Gasteiger partial charge in [-0.3, -0.25) is 0 Å². The summed E-state index contributed by atoms with van der Waals surface area (Å²) in [6, 6.07) is 1.81. The van der Waals surface area contributed by atoms with Gasteiger partial charge in [0.2, 0.25) is 0 Å². The summed E-state index contributed by atoms with van der Waals surface area (Å²) in [4.78, 5) is 0. The van der Waals surface area contributed by atoms with Crippen LogP contribution in [-0.2, 0) is 0 Å². The molecule has 0 saturated carbocycles. The Morgan fingerprint density at radius 1 is 1.40 bits per heavy atom. The van der Waals surface area contributed by atoms with Crippen LogP contribution in [-0.4, -0.2) is 13.3 Å². The molecule has 1 rings (SSSR count). The van der Waals surface area contributed by atoms with E-state index in [1.165, 1.54) is 25.3 Å². The Bertz CT molecular complexity index is 354. The predicted octanol–water partition coefficient (Wildman–Crippen LogP) is 2.91. The molecule has 1 aromatic rings. The largest absolute Gasteiger partial charge is 0.497 e. The van der Waals surface area contributed by atoms with Crippen LogP contribution >= 0.6 is 11.6 Å². The fraction of sp³-hybridized carbons (Fsp3) is 0.333. The van der Waals surface area contributed by atoms with Crippen molar-refractivity contribution in [2.24, 2.45) is 5.73 Å². The van der Waals surface area contributed by atoms with Crippen molar-refractivity contribution < 1.29 is 17.9 Å². The minimum atomic E-state index is -4.50. The highest BCUT2D eigenvalue weighted by molar-refractivity contribution is 6.31. The van der Waals surface area contributed by atoms with Gasteiger partial charge in [0, 0.05) is 5.02 Å². The van der Waals surface area contributed by atoms with Crippen LogP contribution in [0.1, 0.15) is 11.6 Å². The smallest absolute Gasteiger partial charge is 0.407 e. The molecule has 0 aromatic heterocycles. The van der Waals surface area contributed by atoms with Crippen LogP contribution in [0.15, 0.2) is 18.2 Å². The topological polar surface area (TPSA) is 35.2 Å². The van der Waals surface area contributed by atoms with E-state index in [-0.39, 0.29) is 10.6 Å². The molecule has 0 radical (unpaired) electrons. The molecule has 0 fully saturated rings. The second kappa shape index (κ2) is 4.28. The zero-order valence-electron chi connectivity index (χ0n) is 7.81. The van der Waals surface area contributed by atoms with Crippen LogP contribution in [0.3, 0.4) is 0 Å². The van der Waals surface area contributed by atoms with E-state index in [9.17, 15) is 13.2 Å². The van der Waals surface area contributed by atoms with Crippen LogP contribution in [0.25, 0.3) is 0 Å². The van der Waals surface area contributed by atoms with Crippen molar-refractivity contribution in [1.82, 2.24) is 0 Å². The van der Waals surface area contributed by atoms with E-state index < -0.39 is 12.2 Å². The van der Waals surface area contributed by atoms with Gasteiger partial charge < -0.3 is 10.5 Å². The summed E-state index contributed by atoms with van der Waals surface area (Å²) in [6.45, 7) is 0. The summed E-state index contributed by atoms with van der Waals surface area (Å²) in [6.07, 6.45) is -4.50. The molecule has 0 aliphatic heterocycles. The number of nitrogens with two attached hydrogens (primary N) is 1. The molecular weight excluding hydrogens is 231 g/mol.